The quantitative estimate of drug-likeness (QED) is 0.797. The Labute approximate surface area is 117 Å². The molecular weight excluding hydrogens is 240 g/mol. The molecule has 1 aliphatic heterocycles. The number of rotatable bonds is 1. The second-order valence-corrected chi connectivity index (χ2v) is 7.66. The summed E-state index contributed by atoms with van der Waals surface area (Å²) in [5.74, 6) is 0.503. The van der Waals surface area contributed by atoms with Crippen LogP contribution in [0.1, 0.15) is 54.4 Å². The maximum atomic E-state index is 12.3. The summed E-state index contributed by atoms with van der Waals surface area (Å²) in [4.78, 5) is 14.1. The van der Waals surface area contributed by atoms with Crippen LogP contribution in [0.4, 0.5) is 4.79 Å². The van der Waals surface area contributed by atoms with Crippen molar-refractivity contribution in [3.05, 3.63) is 0 Å². The first kappa shape index (κ1) is 16.3. The second kappa shape index (κ2) is 5.70. The van der Waals surface area contributed by atoms with Gasteiger partial charge in [0.15, 0.2) is 0 Å². The smallest absolute Gasteiger partial charge is 0.410 e. The number of hydrogen-bond donors (Lipinski definition) is 1. The Morgan fingerprint density at radius 2 is 1.79 bits per heavy atom. The Balaban J connectivity index is 2.78. The summed E-state index contributed by atoms with van der Waals surface area (Å²) >= 11 is 0. The van der Waals surface area contributed by atoms with E-state index in [0.29, 0.717) is 12.5 Å². The van der Waals surface area contributed by atoms with E-state index in [1.54, 1.807) is 0 Å². The van der Waals surface area contributed by atoms with Crippen LogP contribution >= 0.6 is 0 Å². The molecule has 1 rings (SSSR count). The molecule has 1 heterocycles. The van der Waals surface area contributed by atoms with Gasteiger partial charge in [0.2, 0.25) is 0 Å². The summed E-state index contributed by atoms with van der Waals surface area (Å²) in [6.45, 7) is 13.6. The fourth-order valence-corrected chi connectivity index (χ4v) is 2.52. The maximum Gasteiger partial charge on any atom is 0.410 e. The van der Waals surface area contributed by atoms with Crippen molar-refractivity contribution in [2.45, 2.75) is 66.0 Å². The van der Waals surface area contributed by atoms with Crippen molar-refractivity contribution >= 4 is 6.09 Å². The minimum absolute atomic E-state index is 0.119. The minimum atomic E-state index is -0.453. The zero-order valence-electron chi connectivity index (χ0n) is 13.3. The largest absolute Gasteiger partial charge is 0.444 e. The number of nitrogens with zero attached hydrogens (tertiary/aromatic N) is 1. The molecular formula is C15H30N2O2. The highest BCUT2D eigenvalue weighted by Gasteiger charge is 2.37. The van der Waals surface area contributed by atoms with Crippen LogP contribution in [-0.2, 0) is 4.74 Å². The summed E-state index contributed by atoms with van der Waals surface area (Å²) in [6.07, 6.45) is 1.87. The van der Waals surface area contributed by atoms with E-state index < -0.39 is 5.60 Å². The lowest BCUT2D eigenvalue weighted by molar-refractivity contribution is -0.00585. The van der Waals surface area contributed by atoms with Crippen molar-refractivity contribution < 1.29 is 9.53 Å². The van der Waals surface area contributed by atoms with Gasteiger partial charge in [-0.15, -0.1) is 0 Å². The maximum absolute atomic E-state index is 12.3. The van der Waals surface area contributed by atoms with Crippen LogP contribution in [-0.4, -0.2) is 35.7 Å². The third-order valence-electron chi connectivity index (χ3n) is 3.83. The molecule has 0 aliphatic carbocycles. The van der Waals surface area contributed by atoms with E-state index in [1.165, 1.54) is 0 Å². The molecule has 0 unspecified atom stereocenters. The Morgan fingerprint density at radius 1 is 1.21 bits per heavy atom. The first-order valence-corrected chi connectivity index (χ1v) is 7.24. The molecule has 0 saturated carbocycles. The van der Waals surface area contributed by atoms with Crippen LogP contribution in [0.2, 0.25) is 0 Å². The first-order chi connectivity index (χ1) is 8.54. The molecule has 0 aromatic rings. The summed E-state index contributed by atoms with van der Waals surface area (Å²) in [7, 11) is 0. The number of piperidine rings is 1. The van der Waals surface area contributed by atoms with Crippen molar-refractivity contribution in [3.8, 4) is 0 Å². The molecule has 0 aromatic heterocycles. The van der Waals surface area contributed by atoms with E-state index in [1.807, 2.05) is 25.7 Å². The number of likely N-dealkylation sites (tertiary alicyclic amines) is 1. The van der Waals surface area contributed by atoms with Crippen LogP contribution in [0, 0.1) is 11.3 Å². The monoisotopic (exact) mass is 270 g/mol. The van der Waals surface area contributed by atoms with Gasteiger partial charge < -0.3 is 15.4 Å². The van der Waals surface area contributed by atoms with Crippen LogP contribution in [0.3, 0.4) is 0 Å². The molecule has 0 spiro atoms. The van der Waals surface area contributed by atoms with Gasteiger partial charge in [0.25, 0.3) is 0 Å². The Hall–Kier alpha value is -0.770. The number of carbonyl (C=O) groups excluding carboxylic acids is 1. The van der Waals surface area contributed by atoms with Crippen molar-refractivity contribution in [2.75, 3.05) is 13.1 Å². The highest BCUT2D eigenvalue weighted by molar-refractivity contribution is 5.68. The first-order valence-electron chi connectivity index (χ1n) is 7.24. The fourth-order valence-electron chi connectivity index (χ4n) is 2.52. The van der Waals surface area contributed by atoms with Crippen LogP contribution in [0.15, 0.2) is 0 Å². The van der Waals surface area contributed by atoms with Crippen molar-refractivity contribution in [3.63, 3.8) is 0 Å². The number of carbonyl (C=O) groups is 1. The lowest BCUT2D eigenvalue weighted by Gasteiger charge is -2.44. The molecule has 4 nitrogen and oxygen atoms in total. The minimum Gasteiger partial charge on any atom is -0.444 e. The average Bonchev–Trinajstić information content (AvgIpc) is 2.24. The molecule has 0 radical (unpaired) electrons. The molecule has 2 atom stereocenters. The van der Waals surface area contributed by atoms with Crippen LogP contribution < -0.4 is 5.73 Å². The third-order valence-corrected chi connectivity index (χ3v) is 3.83. The van der Waals surface area contributed by atoms with Crippen LogP contribution in [0.5, 0.6) is 0 Å². The molecule has 112 valence electrons. The third kappa shape index (κ3) is 4.68. The lowest BCUT2D eigenvalue weighted by Crippen LogP contribution is -2.53. The number of ether oxygens (including phenoxy) is 1. The van der Waals surface area contributed by atoms with Gasteiger partial charge in [-0.1, -0.05) is 20.8 Å². The van der Waals surface area contributed by atoms with E-state index >= 15 is 0 Å². The van der Waals surface area contributed by atoms with E-state index in [2.05, 4.69) is 20.8 Å². The van der Waals surface area contributed by atoms with Gasteiger partial charge in [-0.3, -0.25) is 0 Å². The molecule has 1 fully saturated rings. The van der Waals surface area contributed by atoms with Crippen molar-refractivity contribution in [2.24, 2.45) is 17.1 Å². The van der Waals surface area contributed by atoms with Gasteiger partial charge in [0.05, 0.1) is 0 Å². The van der Waals surface area contributed by atoms with E-state index in [4.69, 9.17) is 10.5 Å². The average molecular weight is 270 g/mol. The summed E-state index contributed by atoms with van der Waals surface area (Å²) < 4.78 is 5.50. The van der Waals surface area contributed by atoms with Gasteiger partial charge in [-0.05, 0) is 44.9 Å². The van der Waals surface area contributed by atoms with Gasteiger partial charge in [-0.2, -0.15) is 0 Å². The molecule has 2 N–H and O–H groups in total. The van der Waals surface area contributed by atoms with Gasteiger partial charge >= 0.3 is 6.09 Å². The van der Waals surface area contributed by atoms with Crippen molar-refractivity contribution in [1.82, 2.24) is 4.90 Å². The molecule has 4 heteroatoms. The molecule has 1 aliphatic rings. The Bertz CT molecular complexity index is 315. The lowest BCUT2D eigenvalue weighted by atomic mass is 9.75. The Morgan fingerprint density at radius 3 is 2.21 bits per heavy atom. The summed E-state index contributed by atoms with van der Waals surface area (Å²) in [5.41, 5.74) is 5.55. The second-order valence-electron chi connectivity index (χ2n) is 7.66. The number of nitrogens with two attached hydrogens (primary N) is 1. The molecule has 0 aromatic carbocycles. The number of amides is 1. The zero-order chi connectivity index (χ0) is 14.8. The predicted molar refractivity (Wildman–Crippen MR) is 78.0 cm³/mol. The van der Waals surface area contributed by atoms with E-state index in [0.717, 1.165) is 19.4 Å². The van der Waals surface area contributed by atoms with E-state index in [-0.39, 0.29) is 17.6 Å². The highest BCUT2D eigenvalue weighted by atomic mass is 16.6. The summed E-state index contributed by atoms with van der Waals surface area (Å²) in [5, 5.41) is 0. The predicted octanol–water partition coefficient (Wildman–Crippen LogP) is 3.01. The number of hydrogen-bond acceptors (Lipinski definition) is 3. The standard InChI is InChI=1S/C15H30N2O2/c1-14(2,3)11-7-8-12(9-16)17(10-11)13(18)19-15(4,5)6/h11-12H,7-10,16H2,1-6H3/t11-,12-/m0/s1. The van der Waals surface area contributed by atoms with Crippen molar-refractivity contribution in [1.29, 1.82) is 0 Å². The van der Waals surface area contributed by atoms with Crippen LogP contribution in [0.25, 0.3) is 0 Å². The normalized spacial score (nSPS) is 25.3. The SMILES string of the molecule is CC(C)(C)OC(=O)N1C[C@@H](C(C)(C)C)CC[C@H]1CN. The zero-order valence-corrected chi connectivity index (χ0v) is 13.3. The summed E-state index contributed by atoms with van der Waals surface area (Å²) in [6, 6.07) is 0.119. The van der Waals surface area contributed by atoms with Gasteiger partial charge in [0, 0.05) is 19.1 Å². The molecule has 1 saturated heterocycles. The fraction of sp³-hybridized carbons (Fsp3) is 0.933. The topological polar surface area (TPSA) is 55.6 Å². The van der Waals surface area contributed by atoms with E-state index in [9.17, 15) is 4.79 Å². The molecule has 19 heavy (non-hydrogen) atoms. The highest BCUT2D eigenvalue weighted by Crippen LogP contribution is 2.35. The molecule has 0 bridgehead atoms. The Kier molecular flexibility index (Phi) is 4.88. The van der Waals surface area contributed by atoms with Gasteiger partial charge in [-0.25, -0.2) is 4.79 Å². The van der Waals surface area contributed by atoms with Gasteiger partial charge in [0.1, 0.15) is 5.60 Å². The molecule has 1 amide bonds.